The van der Waals surface area contributed by atoms with Gasteiger partial charge in [-0.25, -0.2) is 4.98 Å². The van der Waals surface area contributed by atoms with Gasteiger partial charge in [-0.15, -0.1) is 0 Å². The van der Waals surface area contributed by atoms with Crippen molar-refractivity contribution in [2.45, 2.75) is 0 Å². The third-order valence-corrected chi connectivity index (χ3v) is 2.97. The number of hydrogen-bond donors (Lipinski definition) is 2. The van der Waals surface area contributed by atoms with Crippen LogP contribution in [-0.4, -0.2) is 24.0 Å². The number of anilines is 1. The zero-order valence-corrected chi connectivity index (χ0v) is 11.9. The van der Waals surface area contributed by atoms with Gasteiger partial charge in [0.15, 0.2) is 0 Å². The van der Waals surface area contributed by atoms with Gasteiger partial charge in [0.25, 0.3) is 5.91 Å². The van der Waals surface area contributed by atoms with Crippen LogP contribution in [0.4, 0.5) is 5.82 Å². The van der Waals surface area contributed by atoms with E-state index in [1.165, 1.54) is 6.20 Å². The molecule has 0 bridgehead atoms. The van der Waals surface area contributed by atoms with Crippen LogP contribution in [0.25, 0.3) is 0 Å². The molecular weight excluding hydrogens is 288 g/mol. The lowest BCUT2D eigenvalue weighted by molar-refractivity contribution is 0.0955. The number of pyridine rings is 1. The molecular formula is C15H13ClN4O. The standard InChI is InChI=1S/C15H13ClN4O/c16-13-4-2-12(3-5-13)15(21)19-8-7-18-14-6-1-11(9-17)10-20-14/h1-6,10H,7-8H2,(H,18,20)(H,19,21). The van der Waals surface area contributed by atoms with Crippen LogP contribution in [0.2, 0.25) is 5.02 Å². The first-order valence-electron chi connectivity index (χ1n) is 6.33. The van der Waals surface area contributed by atoms with Gasteiger partial charge in [0.1, 0.15) is 11.9 Å². The van der Waals surface area contributed by atoms with Gasteiger partial charge in [0.05, 0.1) is 5.56 Å². The molecule has 2 rings (SSSR count). The van der Waals surface area contributed by atoms with Crippen LogP contribution in [0.3, 0.4) is 0 Å². The summed E-state index contributed by atoms with van der Waals surface area (Å²) < 4.78 is 0. The number of aromatic nitrogens is 1. The second kappa shape index (κ2) is 7.27. The van der Waals surface area contributed by atoms with Crippen LogP contribution in [-0.2, 0) is 0 Å². The Bertz CT molecular complexity index is 647. The third-order valence-electron chi connectivity index (χ3n) is 2.72. The van der Waals surface area contributed by atoms with E-state index in [2.05, 4.69) is 15.6 Å². The lowest BCUT2D eigenvalue weighted by Gasteiger charge is -2.07. The molecule has 0 atom stereocenters. The molecule has 2 aromatic rings. The highest BCUT2D eigenvalue weighted by Gasteiger charge is 2.03. The second-order valence-electron chi connectivity index (χ2n) is 4.23. The molecule has 0 unspecified atom stereocenters. The summed E-state index contributed by atoms with van der Waals surface area (Å²) in [6, 6.07) is 12.1. The van der Waals surface area contributed by atoms with Crippen LogP contribution >= 0.6 is 11.6 Å². The molecule has 1 amide bonds. The summed E-state index contributed by atoms with van der Waals surface area (Å²) in [4.78, 5) is 15.9. The number of nitriles is 1. The minimum absolute atomic E-state index is 0.152. The Morgan fingerprint density at radius 3 is 2.57 bits per heavy atom. The lowest BCUT2D eigenvalue weighted by atomic mass is 10.2. The quantitative estimate of drug-likeness (QED) is 0.831. The van der Waals surface area contributed by atoms with Crippen LogP contribution in [0, 0.1) is 11.3 Å². The summed E-state index contributed by atoms with van der Waals surface area (Å²) in [5.74, 6) is 0.510. The fraction of sp³-hybridized carbons (Fsp3) is 0.133. The van der Waals surface area contributed by atoms with Gasteiger partial charge in [0, 0.05) is 29.9 Å². The number of carbonyl (C=O) groups is 1. The maximum absolute atomic E-state index is 11.8. The summed E-state index contributed by atoms with van der Waals surface area (Å²) in [5, 5.41) is 15.1. The summed E-state index contributed by atoms with van der Waals surface area (Å²) in [6.07, 6.45) is 1.49. The molecule has 0 saturated heterocycles. The minimum Gasteiger partial charge on any atom is -0.368 e. The molecule has 0 aliphatic rings. The number of carbonyl (C=O) groups excluding carboxylic acids is 1. The Morgan fingerprint density at radius 2 is 1.95 bits per heavy atom. The topological polar surface area (TPSA) is 77.8 Å². The molecule has 0 spiro atoms. The van der Waals surface area contributed by atoms with Crippen LogP contribution in [0.1, 0.15) is 15.9 Å². The highest BCUT2D eigenvalue weighted by molar-refractivity contribution is 6.30. The Balaban J connectivity index is 1.75. The highest BCUT2D eigenvalue weighted by Crippen LogP contribution is 2.09. The molecule has 1 aromatic heterocycles. The van der Waals surface area contributed by atoms with Crippen molar-refractivity contribution in [3.8, 4) is 6.07 Å². The van der Waals surface area contributed by atoms with E-state index in [-0.39, 0.29) is 5.91 Å². The number of nitrogens with one attached hydrogen (secondary N) is 2. The highest BCUT2D eigenvalue weighted by atomic mass is 35.5. The molecule has 0 radical (unpaired) electrons. The molecule has 21 heavy (non-hydrogen) atoms. The molecule has 0 aliphatic heterocycles. The number of nitrogens with zero attached hydrogens (tertiary/aromatic N) is 2. The average Bonchev–Trinajstić information content (AvgIpc) is 2.52. The van der Waals surface area contributed by atoms with Crippen molar-refractivity contribution in [2.24, 2.45) is 0 Å². The van der Waals surface area contributed by atoms with Crippen molar-refractivity contribution in [3.05, 3.63) is 58.7 Å². The molecule has 1 heterocycles. The van der Waals surface area contributed by atoms with E-state index in [0.29, 0.717) is 35.1 Å². The monoisotopic (exact) mass is 300 g/mol. The summed E-state index contributed by atoms with van der Waals surface area (Å²) in [6.45, 7) is 1.00. The predicted octanol–water partition coefficient (Wildman–Crippen LogP) is 2.45. The first-order chi connectivity index (χ1) is 10.2. The molecule has 0 aliphatic carbocycles. The van der Waals surface area contributed by atoms with Gasteiger partial charge in [-0.3, -0.25) is 4.79 Å². The van der Waals surface area contributed by atoms with Crippen molar-refractivity contribution < 1.29 is 4.79 Å². The maximum atomic E-state index is 11.8. The number of hydrogen-bond acceptors (Lipinski definition) is 4. The van der Waals surface area contributed by atoms with E-state index in [9.17, 15) is 4.79 Å². The molecule has 0 fully saturated rings. The fourth-order valence-electron chi connectivity index (χ4n) is 1.63. The Kier molecular flexibility index (Phi) is 5.13. The van der Waals surface area contributed by atoms with Gasteiger partial charge in [0.2, 0.25) is 0 Å². The zero-order valence-electron chi connectivity index (χ0n) is 11.1. The molecule has 1 aromatic carbocycles. The fourth-order valence-corrected chi connectivity index (χ4v) is 1.76. The number of rotatable bonds is 5. The molecule has 0 saturated carbocycles. The van der Waals surface area contributed by atoms with Crippen molar-refractivity contribution in [1.29, 1.82) is 5.26 Å². The molecule has 5 nitrogen and oxygen atoms in total. The Morgan fingerprint density at radius 1 is 1.19 bits per heavy atom. The van der Waals surface area contributed by atoms with Crippen molar-refractivity contribution >= 4 is 23.3 Å². The van der Waals surface area contributed by atoms with Crippen molar-refractivity contribution in [3.63, 3.8) is 0 Å². The summed E-state index contributed by atoms with van der Waals surface area (Å²) in [5.41, 5.74) is 1.08. The first kappa shape index (κ1) is 14.8. The van der Waals surface area contributed by atoms with E-state index >= 15 is 0 Å². The number of amides is 1. The number of halogens is 1. The third kappa shape index (κ3) is 4.48. The number of benzene rings is 1. The molecule has 106 valence electrons. The van der Waals surface area contributed by atoms with E-state index < -0.39 is 0 Å². The van der Waals surface area contributed by atoms with Gasteiger partial charge < -0.3 is 10.6 Å². The smallest absolute Gasteiger partial charge is 0.251 e. The summed E-state index contributed by atoms with van der Waals surface area (Å²) >= 11 is 5.76. The summed E-state index contributed by atoms with van der Waals surface area (Å²) in [7, 11) is 0. The molecule has 6 heteroatoms. The van der Waals surface area contributed by atoms with Crippen LogP contribution < -0.4 is 10.6 Å². The van der Waals surface area contributed by atoms with E-state index in [0.717, 1.165) is 0 Å². The van der Waals surface area contributed by atoms with Gasteiger partial charge >= 0.3 is 0 Å². The SMILES string of the molecule is N#Cc1ccc(NCCNC(=O)c2ccc(Cl)cc2)nc1. The van der Waals surface area contributed by atoms with E-state index in [1.54, 1.807) is 36.4 Å². The van der Waals surface area contributed by atoms with Gasteiger partial charge in [-0.2, -0.15) is 5.26 Å². The maximum Gasteiger partial charge on any atom is 0.251 e. The Hall–Kier alpha value is -2.58. The largest absolute Gasteiger partial charge is 0.368 e. The Labute approximate surface area is 127 Å². The van der Waals surface area contributed by atoms with Gasteiger partial charge in [-0.1, -0.05) is 11.6 Å². The predicted molar refractivity (Wildman–Crippen MR) is 81.2 cm³/mol. The average molecular weight is 301 g/mol. The van der Waals surface area contributed by atoms with Crippen LogP contribution in [0.5, 0.6) is 0 Å². The second-order valence-corrected chi connectivity index (χ2v) is 4.67. The van der Waals surface area contributed by atoms with Gasteiger partial charge in [-0.05, 0) is 36.4 Å². The van der Waals surface area contributed by atoms with E-state index in [4.69, 9.17) is 16.9 Å². The van der Waals surface area contributed by atoms with E-state index in [1.807, 2.05) is 6.07 Å². The van der Waals surface area contributed by atoms with Crippen molar-refractivity contribution in [2.75, 3.05) is 18.4 Å². The zero-order chi connectivity index (χ0) is 15.1. The minimum atomic E-state index is -0.152. The normalized spacial score (nSPS) is 9.71. The van der Waals surface area contributed by atoms with Crippen molar-refractivity contribution in [1.82, 2.24) is 10.3 Å². The molecule has 2 N–H and O–H groups in total. The lowest BCUT2D eigenvalue weighted by Crippen LogP contribution is -2.28. The van der Waals surface area contributed by atoms with Crippen LogP contribution in [0.15, 0.2) is 42.6 Å². The first-order valence-corrected chi connectivity index (χ1v) is 6.70.